The molecule has 0 spiro atoms. The van der Waals surface area contributed by atoms with Crippen molar-refractivity contribution in [2.75, 3.05) is 5.32 Å². The minimum atomic E-state index is -0.255. The van der Waals surface area contributed by atoms with Gasteiger partial charge in [-0.1, -0.05) is 18.2 Å². The molecule has 0 saturated heterocycles. The van der Waals surface area contributed by atoms with Crippen LogP contribution in [0.5, 0.6) is 5.75 Å². The van der Waals surface area contributed by atoms with Crippen molar-refractivity contribution in [1.29, 1.82) is 0 Å². The Balaban J connectivity index is 1.29. The number of hydrogen-bond donors (Lipinski definition) is 1. The maximum absolute atomic E-state index is 11.9. The van der Waals surface area contributed by atoms with E-state index in [0.29, 0.717) is 29.0 Å². The number of nitrogens with one attached hydrogen (secondary N) is 1. The lowest BCUT2D eigenvalue weighted by Gasteiger charge is -2.05. The van der Waals surface area contributed by atoms with Crippen molar-refractivity contribution < 1.29 is 18.4 Å². The van der Waals surface area contributed by atoms with E-state index in [-0.39, 0.29) is 12.5 Å². The van der Waals surface area contributed by atoms with Crippen LogP contribution in [0.2, 0.25) is 0 Å². The van der Waals surface area contributed by atoms with Crippen molar-refractivity contribution in [2.24, 2.45) is 0 Å². The van der Waals surface area contributed by atoms with Gasteiger partial charge in [0.15, 0.2) is 6.61 Å². The van der Waals surface area contributed by atoms with Crippen LogP contribution in [0.3, 0.4) is 0 Å². The quantitative estimate of drug-likeness (QED) is 0.468. The zero-order valence-electron chi connectivity index (χ0n) is 15.3. The fourth-order valence-electron chi connectivity index (χ4n) is 2.52. The summed E-state index contributed by atoms with van der Waals surface area (Å²) in [6.45, 7) is 0.150. The van der Waals surface area contributed by atoms with Gasteiger partial charge in [-0.25, -0.2) is 0 Å². The van der Waals surface area contributed by atoms with Crippen LogP contribution in [0.4, 0.5) is 5.69 Å². The lowest BCUT2D eigenvalue weighted by Crippen LogP contribution is -2.07. The Kier molecular flexibility index (Phi) is 5.48. The number of carbonyl (C=O) groups is 1. The van der Waals surface area contributed by atoms with Gasteiger partial charge in [-0.2, -0.15) is 0 Å². The van der Waals surface area contributed by atoms with Crippen LogP contribution in [0.25, 0.3) is 17.5 Å². The number of nitrogens with zero attached hydrogens (tertiary/aromatic N) is 2. The molecule has 0 aliphatic carbocycles. The average Bonchev–Trinajstić information content (AvgIpc) is 3.45. The van der Waals surface area contributed by atoms with E-state index >= 15 is 0 Å². The summed E-state index contributed by atoms with van der Waals surface area (Å²) in [6, 6.07) is 20.0. The van der Waals surface area contributed by atoms with E-state index in [1.807, 2.05) is 30.3 Å². The topological polar surface area (TPSA) is 90.4 Å². The van der Waals surface area contributed by atoms with Gasteiger partial charge in [0, 0.05) is 17.3 Å². The summed E-state index contributed by atoms with van der Waals surface area (Å²) in [6.07, 6.45) is 4.55. The van der Waals surface area contributed by atoms with Crippen LogP contribution in [-0.4, -0.2) is 16.1 Å². The molecule has 0 atom stereocenters. The van der Waals surface area contributed by atoms with Gasteiger partial charge in [-0.15, -0.1) is 10.2 Å². The molecule has 2 heterocycles. The van der Waals surface area contributed by atoms with E-state index in [1.54, 1.807) is 48.7 Å². The normalized spacial score (nSPS) is 10.9. The molecule has 0 fully saturated rings. The third kappa shape index (κ3) is 4.98. The summed E-state index contributed by atoms with van der Waals surface area (Å²) in [4.78, 5) is 11.9. The van der Waals surface area contributed by atoms with Crippen molar-refractivity contribution in [3.63, 3.8) is 0 Å². The number of benzene rings is 2. The zero-order valence-corrected chi connectivity index (χ0v) is 15.3. The molecule has 4 aromatic rings. The summed E-state index contributed by atoms with van der Waals surface area (Å²) in [5, 5.41) is 10.8. The molecule has 144 valence electrons. The Hall–Kier alpha value is -4.13. The molecule has 0 aliphatic rings. The molecule has 2 aromatic heterocycles. The molecule has 1 N–H and O–H groups in total. The van der Waals surface area contributed by atoms with Crippen LogP contribution < -0.4 is 10.1 Å². The van der Waals surface area contributed by atoms with Gasteiger partial charge in [-0.3, -0.25) is 4.79 Å². The van der Waals surface area contributed by atoms with Crippen LogP contribution in [0.1, 0.15) is 11.7 Å². The first-order chi connectivity index (χ1) is 14.3. The van der Waals surface area contributed by atoms with Gasteiger partial charge in [-0.05, 0) is 54.6 Å². The van der Waals surface area contributed by atoms with E-state index in [4.69, 9.17) is 13.6 Å². The first-order valence-corrected chi connectivity index (χ1v) is 8.89. The molecule has 2 aromatic carbocycles. The molecule has 0 radical (unpaired) electrons. The smallest absolute Gasteiger partial charge is 0.254 e. The van der Waals surface area contributed by atoms with Crippen LogP contribution in [0, 0.1) is 0 Å². The Labute approximate surface area is 166 Å². The predicted octanol–water partition coefficient (Wildman–Crippen LogP) is 4.56. The number of anilines is 1. The third-order valence-electron chi connectivity index (χ3n) is 3.91. The second kappa shape index (κ2) is 8.71. The molecule has 1 amide bonds. The number of amides is 1. The van der Waals surface area contributed by atoms with Gasteiger partial charge in [0.2, 0.25) is 11.8 Å². The SMILES string of the molecule is O=C(/C=C/c1ccco1)Nc1ccc(OCc2nnc(-c3ccccc3)o2)cc1. The van der Waals surface area contributed by atoms with E-state index < -0.39 is 0 Å². The van der Waals surface area contributed by atoms with Gasteiger partial charge >= 0.3 is 0 Å². The standard InChI is InChI=1S/C22H17N3O4/c26-20(13-12-18-7-4-14-27-18)23-17-8-10-19(11-9-17)28-15-21-24-25-22(29-21)16-5-2-1-3-6-16/h1-14H,15H2,(H,23,26)/b13-12+. The number of furan rings is 1. The Morgan fingerprint density at radius 2 is 1.83 bits per heavy atom. The molecule has 7 nitrogen and oxygen atoms in total. The third-order valence-corrected chi connectivity index (χ3v) is 3.91. The Bertz CT molecular complexity index is 1080. The summed E-state index contributed by atoms with van der Waals surface area (Å²) < 4.78 is 16.4. The maximum Gasteiger partial charge on any atom is 0.254 e. The lowest BCUT2D eigenvalue weighted by molar-refractivity contribution is -0.111. The van der Waals surface area contributed by atoms with Crippen molar-refractivity contribution in [2.45, 2.75) is 6.61 Å². The van der Waals surface area contributed by atoms with Crippen LogP contribution in [-0.2, 0) is 11.4 Å². The highest BCUT2D eigenvalue weighted by molar-refractivity contribution is 6.01. The van der Waals surface area contributed by atoms with Crippen molar-refractivity contribution in [1.82, 2.24) is 10.2 Å². The van der Waals surface area contributed by atoms with Crippen molar-refractivity contribution in [3.05, 3.63) is 90.7 Å². The molecule has 0 bridgehead atoms. The largest absolute Gasteiger partial charge is 0.484 e. The van der Waals surface area contributed by atoms with E-state index in [1.165, 1.54) is 6.08 Å². The van der Waals surface area contributed by atoms with E-state index in [2.05, 4.69) is 15.5 Å². The number of aromatic nitrogens is 2. The van der Waals surface area contributed by atoms with Gasteiger partial charge < -0.3 is 18.9 Å². The maximum atomic E-state index is 11.9. The highest BCUT2D eigenvalue weighted by Gasteiger charge is 2.08. The highest BCUT2D eigenvalue weighted by Crippen LogP contribution is 2.20. The second-order valence-corrected chi connectivity index (χ2v) is 6.02. The molecule has 0 saturated carbocycles. The van der Waals surface area contributed by atoms with E-state index in [0.717, 1.165) is 5.56 Å². The predicted molar refractivity (Wildman–Crippen MR) is 107 cm³/mol. The molecule has 0 aliphatic heterocycles. The Morgan fingerprint density at radius 1 is 1.00 bits per heavy atom. The summed E-state index contributed by atoms with van der Waals surface area (Å²) in [5.41, 5.74) is 1.50. The summed E-state index contributed by atoms with van der Waals surface area (Å²) in [7, 11) is 0. The molecule has 7 heteroatoms. The molecule has 29 heavy (non-hydrogen) atoms. The zero-order chi connectivity index (χ0) is 19.9. The minimum Gasteiger partial charge on any atom is -0.484 e. The summed E-state index contributed by atoms with van der Waals surface area (Å²) >= 11 is 0. The first kappa shape index (κ1) is 18.2. The number of rotatable bonds is 7. The average molecular weight is 387 g/mol. The van der Waals surface area contributed by atoms with Gasteiger partial charge in [0.25, 0.3) is 5.89 Å². The van der Waals surface area contributed by atoms with Crippen molar-refractivity contribution in [3.8, 4) is 17.2 Å². The monoisotopic (exact) mass is 387 g/mol. The second-order valence-electron chi connectivity index (χ2n) is 6.02. The van der Waals surface area contributed by atoms with E-state index in [9.17, 15) is 4.79 Å². The van der Waals surface area contributed by atoms with Crippen LogP contribution >= 0.6 is 0 Å². The van der Waals surface area contributed by atoms with Gasteiger partial charge in [0.05, 0.1) is 6.26 Å². The highest BCUT2D eigenvalue weighted by atomic mass is 16.5. The number of carbonyl (C=O) groups excluding carboxylic acids is 1. The molecule has 4 rings (SSSR count). The lowest BCUT2D eigenvalue weighted by atomic mass is 10.2. The number of ether oxygens (including phenoxy) is 1. The fraction of sp³-hybridized carbons (Fsp3) is 0.0455. The summed E-state index contributed by atoms with van der Waals surface area (Å²) in [5.74, 6) is 1.80. The van der Waals surface area contributed by atoms with Crippen molar-refractivity contribution >= 4 is 17.7 Å². The first-order valence-electron chi connectivity index (χ1n) is 8.89. The fourth-order valence-corrected chi connectivity index (χ4v) is 2.52. The molecular weight excluding hydrogens is 370 g/mol. The molecule has 0 unspecified atom stereocenters. The Morgan fingerprint density at radius 3 is 2.59 bits per heavy atom. The molecular formula is C22H17N3O4. The minimum absolute atomic E-state index is 0.150. The number of hydrogen-bond acceptors (Lipinski definition) is 6. The van der Waals surface area contributed by atoms with Gasteiger partial charge in [0.1, 0.15) is 11.5 Å². The van der Waals surface area contributed by atoms with Crippen LogP contribution in [0.15, 0.2) is 87.9 Å².